The van der Waals surface area contributed by atoms with Gasteiger partial charge in [-0.05, 0) is 6.42 Å². The van der Waals surface area contributed by atoms with Crippen LogP contribution in [0, 0.1) is 0 Å². The highest BCUT2D eigenvalue weighted by Gasteiger charge is 2.24. The molecule has 16 heavy (non-hydrogen) atoms. The molecule has 0 unspecified atom stereocenters. The molecule has 0 aliphatic heterocycles. The molecular formula is C10H16O6. The molecule has 0 aromatic heterocycles. The van der Waals surface area contributed by atoms with Crippen LogP contribution >= 0.6 is 0 Å². The highest BCUT2D eigenvalue weighted by Crippen LogP contribution is 1.99. The smallest absolute Gasteiger partial charge is 0.351 e. The van der Waals surface area contributed by atoms with Gasteiger partial charge in [0.25, 0.3) is 0 Å². The maximum atomic E-state index is 11.4. The Morgan fingerprint density at radius 2 is 1.69 bits per heavy atom. The molecule has 0 fully saturated rings. The minimum Gasteiger partial charge on any atom is -0.463 e. The molecule has 0 aromatic rings. The van der Waals surface area contributed by atoms with E-state index in [0.717, 1.165) is 6.92 Å². The van der Waals surface area contributed by atoms with Crippen molar-refractivity contribution in [1.29, 1.82) is 0 Å². The average molecular weight is 232 g/mol. The lowest BCUT2D eigenvalue weighted by Gasteiger charge is -2.15. The summed E-state index contributed by atoms with van der Waals surface area (Å²) in [6.45, 7) is 4.10. The van der Waals surface area contributed by atoms with E-state index >= 15 is 0 Å². The zero-order chi connectivity index (χ0) is 12.6. The fourth-order valence-electron chi connectivity index (χ4n) is 0.839. The molecule has 0 spiro atoms. The van der Waals surface area contributed by atoms with Gasteiger partial charge in [-0.2, -0.15) is 0 Å². The number of hydrogen-bond donors (Lipinski definition) is 0. The van der Waals surface area contributed by atoms with E-state index < -0.39 is 24.0 Å². The second-order valence-corrected chi connectivity index (χ2v) is 3.07. The molecule has 0 aliphatic rings. The van der Waals surface area contributed by atoms with Crippen molar-refractivity contribution in [1.82, 2.24) is 0 Å². The van der Waals surface area contributed by atoms with Gasteiger partial charge in [-0.3, -0.25) is 9.59 Å². The highest BCUT2D eigenvalue weighted by molar-refractivity contribution is 5.79. The summed E-state index contributed by atoms with van der Waals surface area (Å²) in [6, 6.07) is 0. The van der Waals surface area contributed by atoms with E-state index in [1.807, 2.05) is 6.92 Å². The second kappa shape index (κ2) is 7.67. The molecule has 6 nitrogen and oxygen atoms in total. The van der Waals surface area contributed by atoms with Crippen LogP contribution in [0.3, 0.4) is 0 Å². The molecule has 0 rings (SSSR count). The maximum Gasteiger partial charge on any atom is 0.351 e. The van der Waals surface area contributed by atoms with Gasteiger partial charge in [-0.1, -0.05) is 6.92 Å². The van der Waals surface area contributed by atoms with Gasteiger partial charge in [0, 0.05) is 13.8 Å². The second-order valence-electron chi connectivity index (χ2n) is 3.07. The molecule has 0 radical (unpaired) electrons. The van der Waals surface area contributed by atoms with Crippen LogP contribution in [0.5, 0.6) is 0 Å². The van der Waals surface area contributed by atoms with Crippen LogP contribution in [0.4, 0.5) is 0 Å². The Morgan fingerprint density at radius 1 is 1.06 bits per heavy atom. The number of hydrogen-bond acceptors (Lipinski definition) is 6. The number of carbonyl (C=O) groups is 3. The van der Waals surface area contributed by atoms with Crippen LogP contribution in [0.25, 0.3) is 0 Å². The van der Waals surface area contributed by atoms with Crippen molar-refractivity contribution in [2.24, 2.45) is 0 Å². The minimum absolute atomic E-state index is 0.233. The third-order valence-electron chi connectivity index (χ3n) is 1.46. The van der Waals surface area contributed by atoms with Gasteiger partial charge >= 0.3 is 17.9 Å². The average Bonchev–Trinajstić information content (AvgIpc) is 2.19. The molecular weight excluding hydrogens is 216 g/mol. The Balaban J connectivity index is 4.22. The zero-order valence-corrected chi connectivity index (χ0v) is 9.65. The zero-order valence-electron chi connectivity index (χ0n) is 9.65. The third kappa shape index (κ3) is 6.80. The monoisotopic (exact) mass is 232 g/mol. The minimum atomic E-state index is -1.19. The molecule has 0 N–H and O–H groups in total. The first kappa shape index (κ1) is 14.4. The normalized spacial score (nSPS) is 11.4. The molecule has 0 saturated heterocycles. The van der Waals surface area contributed by atoms with E-state index in [0.29, 0.717) is 6.42 Å². The molecule has 0 bridgehead atoms. The Bertz CT molecular complexity index is 260. The van der Waals surface area contributed by atoms with E-state index in [4.69, 9.17) is 4.74 Å². The van der Waals surface area contributed by atoms with E-state index in [-0.39, 0.29) is 13.2 Å². The lowest BCUT2D eigenvalue weighted by Crippen LogP contribution is -2.33. The molecule has 0 aromatic carbocycles. The van der Waals surface area contributed by atoms with Crippen LogP contribution < -0.4 is 0 Å². The number of ether oxygens (including phenoxy) is 3. The molecule has 0 aliphatic carbocycles. The van der Waals surface area contributed by atoms with Crippen molar-refractivity contribution in [2.75, 3.05) is 13.2 Å². The largest absolute Gasteiger partial charge is 0.463 e. The van der Waals surface area contributed by atoms with Gasteiger partial charge in [0.05, 0.1) is 6.61 Å². The van der Waals surface area contributed by atoms with Crippen molar-refractivity contribution in [3.05, 3.63) is 0 Å². The molecule has 6 heteroatoms. The van der Waals surface area contributed by atoms with Crippen LogP contribution in [-0.4, -0.2) is 37.2 Å². The predicted molar refractivity (Wildman–Crippen MR) is 53.4 cm³/mol. The first-order valence-electron chi connectivity index (χ1n) is 4.94. The highest BCUT2D eigenvalue weighted by atomic mass is 16.6. The standard InChI is InChI=1S/C10H16O6/c1-4-5-14-10(13)9(16-8(3)12)6-15-7(2)11/h9H,4-6H2,1-3H3/t9-/m1/s1. The van der Waals surface area contributed by atoms with E-state index in [9.17, 15) is 14.4 Å². The molecule has 92 valence electrons. The summed E-state index contributed by atoms with van der Waals surface area (Å²) in [5, 5.41) is 0. The SMILES string of the molecule is CCCOC(=O)[C@@H](COC(C)=O)OC(C)=O. The van der Waals surface area contributed by atoms with Crippen molar-refractivity contribution < 1.29 is 28.6 Å². The Hall–Kier alpha value is -1.59. The molecule has 0 heterocycles. The Morgan fingerprint density at radius 3 is 2.12 bits per heavy atom. The number of carbonyl (C=O) groups excluding carboxylic acids is 3. The fourth-order valence-corrected chi connectivity index (χ4v) is 0.839. The van der Waals surface area contributed by atoms with Crippen LogP contribution in [0.2, 0.25) is 0 Å². The topological polar surface area (TPSA) is 78.9 Å². The number of rotatable bonds is 6. The van der Waals surface area contributed by atoms with Crippen LogP contribution in [-0.2, 0) is 28.6 Å². The maximum absolute atomic E-state index is 11.4. The van der Waals surface area contributed by atoms with Crippen LogP contribution in [0.1, 0.15) is 27.2 Å². The summed E-state index contributed by atoms with van der Waals surface area (Å²) in [4.78, 5) is 32.6. The van der Waals surface area contributed by atoms with Gasteiger partial charge < -0.3 is 14.2 Å². The number of esters is 3. The van der Waals surface area contributed by atoms with Gasteiger partial charge in [0.15, 0.2) is 0 Å². The van der Waals surface area contributed by atoms with Crippen molar-refractivity contribution in [3.8, 4) is 0 Å². The van der Waals surface area contributed by atoms with Gasteiger partial charge in [-0.25, -0.2) is 4.79 Å². The lowest BCUT2D eigenvalue weighted by molar-refractivity contribution is -0.173. The quantitative estimate of drug-likeness (QED) is 0.488. The lowest BCUT2D eigenvalue weighted by atomic mass is 10.4. The van der Waals surface area contributed by atoms with E-state index in [1.54, 1.807) is 0 Å². The van der Waals surface area contributed by atoms with Crippen molar-refractivity contribution in [3.63, 3.8) is 0 Å². The summed E-state index contributed by atoms with van der Waals surface area (Å²) in [7, 11) is 0. The van der Waals surface area contributed by atoms with Crippen LogP contribution in [0.15, 0.2) is 0 Å². The summed E-state index contributed by atoms with van der Waals surface area (Å²) < 4.78 is 14.0. The Labute approximate surface area is 93.8 Å². The van der Waals surface area contributed by atoms with Crippen molar-refractivity contribution >= 4 is 17.9 Å². The van der Waals surface area contributed by atoms with Gasteiger partial charge in [-0.15, -0.1) is 0 Å². The molecule has 0 saturated carbocycles. The van der Waals surface area contributed by atoms with E-state index in [1.165, 1.54) is 6.92 Å². The third-order valence-corrected chi connectivity index (χ3v) is 1.46. The Kier molecular flexibility index (Phi) is 6.91. The summed E-state index contributed by atoms with van der Waals surface area (Å²) >= 11 is 0. The summed E-state index contributed by atoms with van der Waals surface area (Å²) in [5.74, 6) is -1.90. The van der Waals surface area contributed by atoms with Crippen molar-refractivity contribution in [2.45, 2.75) is 33.3 Å². The molecule has 1 atom stereocenters. The van der Waals surface area contributed by atoms with Gasteiger partial charge in [0.2, 0.25) is 6.10 Å². The summed E-state index contributed by atoms with van der Waals surface area (Å²) in [5.41, 5.74) is 0. The fraction of sp³-hybridized carbons (Fsp3) is 0.700. The first-order chi connectivity index (χ1) is 7.47. The van der Waals surface area contributed by atoms with E-state index in [2.05, 4.69) is 9.47 Å². The summed E-state index contributed by atoms with van der Waals surface area (Å²) in [6.07, 6.45) is -0.528. The van der Waals surface area contributed by atoms with Gasteiger partial charge in [0.1, 0.15) is 6.61 Å². The first-order valence-corrected chi connectivity index (χ1v) is 4.94. The molecule has 0 amide bonds. The predicted octanol–water partition coefficient (Wildman–Crippen LogP) is 0.434.